The van der Waals surface area contributed by atoms with Gasteiger partial charge in [-0.05, 0) is 32.9 Å². The highest BCUT2D eigenvalue weighted by Crippen LogP contribution is 2.13. The smallest absolute Gasteiger partial charge is 0.284 e. The van der Waals surface area contributed by atoms with Gasteiger partial charge in [-0.2, -0.15) is 13.7 Å². The molecule has 0 unspecified atom stereocenters. The summed E-state index contributed by atoms with van der Waals surface area (Å²) in [5.41, 5.74) is 0.965. The van der Waals surface area contributed by atoms with E-state index in [2.05, 4.69) is 4.40 Å². The minimum absolute atomic E-state index is 0.0782. The van der Waals surface area contributed by atoms with Gasteiger partial charge in [-0.1, -0.05) is 17.7 Å². The van der Waals surface area contributed by atoms with Gasteiger partial charge in [0.1, 0.15) is 6.07 Å². The number of hydrogen-bond acceptors (Lipinski definition) is 3. The molecule has 0 bridgehead atoms. The molecule has 1 aromatic rings. The maximum atomic E-state index is 12.1. The monoisotopic (exact) mass is 279 g/mol. The average molecular weight is 279 g/mol. The lowest BCUT2D eigenvalue weighted by atomic mass is 10.2. The van der Waals surface area contributed by atoms with Crippen LogP contribution >= 0.6 is 0 Å². The number of hydrogen-bond donors (Lipinski definition) is 0. The number of nitrogens with zero attached hydrogens (tertiary/aromatic N) is 3. The van der Waals surface area contributed by atoms with Crippen molar-refractivity contribution < 1.29 is 8.42 Å². The van der Waals surface area contributed by atoms with Crippen molar-refractivity contribution in [1.82, 2.24) is 4.90 Å². The van der Waals surface area contributed by atoms with Gasteiger partial charge in [-0.25, -0.2) is 0 Å². The van der Waals surface area contributed by atoms with Crippen LogP contribution in [0.25, 0.3) is 0 Å². The number of aryl methyl sites for hydroxylation is 1. The molecule has 0 N–H and O–H groups in total. The van der Waals surface area contributed by atoms with Crippen LogP contribution in [-0.2, 0) is 10.0 Å². The van der Waals surface area contributed by atoms with Crippen molar-refractivity contribution in [2.45, 2.75) is 25.7 Å². The molecule has 0 aliphatic heterocycles. The van der Waals surface area contributed by atoms with Crippen molar-refractivity contribution in [1.29, 1.82) is 5.26 Å². The quantitative estimate of drug-likeness (QED) is 0.623. The summed E-state index contributed by atoms with van der Waals surface area (Å²) in [6, 6.07) is 8.22. The lowest BCUT2D eigenvalue weighted by Gasteiger charge is -2.17. The number of amidine groups is 1. The van der Waals surface area contributed by atoms with E-state index >= 15 is 0 Å². The molecule has 1 aromatic carbocycles. The maximum Gasteiger partial charge on any atom is 0.284 e. The molecule has 0 aromatic heterocycles. The Morgan fingerprint density at radius 2 is 1.79 bits per heavy atom. The van der Waals surface area contributed by atoms with E-state index in [1.165, 1.54) is 12.1 Å². The van der Waals surface area contributed by atoms with Gasteiger partial charge in [-0.15, -0.1) is 4.40 Å². The van der Waals surface area contributed by atoms with Gasteiger partial charge in [0.15, 0.2) is 0 Å². The first-order valence-corrected chi connectivity index (χ1v) is 7.45. The molecule has 0 aliphatic carbocycles. The first kappa shape index (κ1) is 15.2. The van der Waals surface area contributed by atoms with E-state index < -0.39 is 10.0 Å². The Morgan fingerprint density at radius 1 is 1.26 bits per heavy atom. The fraction of sp³-hybridized carbons (Fsp3) is 0.385. The van der Waals surface area contributed by atoms with Crippen LogP contribution in [0.2, 0.25) is 0 Å². The average Bonchev–Trinajstić information content (AvgIpc) is 2.39. The van der Waals surface area contributed by atoms with Crippen LogP contribution in [-0.4, -0.2) is 32.2 Å². The normalized spacial score (nSPS) is 12.0. The Morgan fingerprint density at radius 3 is 2.21 bits per heavy atom. The van der Waals surface area contributed by atoms with Crippen LogP contribution in [0.3, 0.4) is 0 Å². The molecule has 0 saturated carbocycles. The fourth-order valence-corrected chi connectivity index (χ4v) is 2.52. The van der Waals surface area contributed by atoms with Crippen LogP contribution in [0.4, 0.5) is 0 Å². The summed E-state index contributed by atoms with van der Waals surface area (Å²) in [6.07, 6.45) is 0. The summed E-state index contributed by atoms with van der Waals surface area (Å²) in [5.74, 6) is -0.0782. The van der Waals surface area contributed by atoms with E-state index in [0.29, 0.717) is 13.1 Å². The summed E-state index contributed by atoms with van der Waals surface area (Å²) in [7, 11) is -3.83. The lowest BCUT2D eigenvalue weighted by molar-refractivity contribution is 0.469. The Hall–Kier alpha value is -1.87. The van der Waals surface area contributed by atoms with E-state index in [0.717, 1.165) is 5.56 Å². The second-order valence-electron chi connectivity index (χ2n) is 3.99. The Bertz CT molecular complexity index is 594. The molecule has 0 radical (unpaired) electrons. The molecular weight excluding hydrogens is 262 g/mol. The minimum atomic E-state index is -3.83. The van der Waals surface area contributed by atoms with E-state index in [4.69, 9.17) is 5.26 Å². The molecule has 0 heterocycles. The van der Waals surface area contributed by atoms with Crippen molar-refractivity contribution in [3.63, 3.8) is 0 Å². The molecule has 6 heteroatoms. The minimum Gasteiger partial charge on any atom is -0.348 e. The van der Waals surface area contributed by atoms with Crippen LogP contribution in [0.1, 0.15) is 19.4 Å². The first-order chi connectivity index (χ1) is 8.94. The zero-order valence-corrected chi connectivity index (χ0v) is 12.1. The van der Waals surface area contributed by atoms with Gasteiger partial charge in [0.05, 0.1) is 4.90 Å². The van der Waals surface area contributed by atoms with Crippen molar-refractivity contribution >= 4 is 15.9 Å². The third kappa shape index (κ3) is 3.80. The van der Waals surface area contributed by atoms with Crippen LogP contribution in [0, 0.1) is 18.3 Å². The summed E-state index contributed by atoms with van der Waals surface area (Å²) >= 11 is 0. The van der Waals surface area contributed by atoms with Crippen LogP contribution < -0.4 is 0 Å². The highest BCUT2D eigenvalue weighted by molar-refractivity contribution is 7.90. The summed E-state index contributed by atoms with van der Waals surface area (Å²) in [6.45, 7) is 6.62. The van der Waals surface area contributed by atoms with E-state index in [-0.39, 0.29) is 10.7 Å². The molecule has 0 amide bonds. The predicted octanol–water partition coefficient (Wildman–Crippen LogP) is 1.95. The predicted molar refractivity (Wildman–Crippen MR) is 74.3 cm³/mol. The maximum absolute atomic E-state index is 12.1. The third-order valence-corrected chi connectivity index (χ3v) is 3.97. The topological polar surface area (TPSA) is 73.5 Å². The van der Waals surface area contributed by atoms with Crippen molar-refractivity contribution in [2.75, 3.05) is 13.1 Å². The highest BCUT2D eigenvalue weighted by Gasteiger charge is 2.16. The Labute approximate surface area is 114 Å². The fourth-order valence-electron chi connectivity index (χ4n) is 1.55. The highest BCUT2D eigenvalue weighted by atomic mass is 32.2. The Kier molecular flexibility index (Phi) is 5.07. The largest absolute Gasteiger partial charge is 0.348 e. The second kappa shape index (κ2) is 6.34. The van der Waals surface area contributed by atoms with Gasteiger partial charge in [0, 0.05) is 13.1 Å². The molecule has 0 fully saturated rings. The zero-order chi connectivity index (χ0) is 14.5. The molecule has 102 valence electrons. The zero-order valence-electron chi connectivity index (χ0n) is 11.3. The van der Waals surface area contributed by atoms with Gasteiger partial charge in [-0.3, -0.25) is 0 Å². The number of sulfonamides is 1. The standard InChI is InChI=1S/C13H17N3O2S/c1-4-16(5-2)13(10-14)15-19(17,18)12-8-6-11(3)7-9-12/h6-9H,4-5H2,1-3H3/b15-13+. The third-order valence-electron chi connectivity index (χ3n) is 2.69. The summed E-state index contributed by atoms with van der Waals surface area (Å²) in [4.78, 5) is 1.70. The summed E-state index contributed by atoms with van der Waals surface area (Å²) in [5, 5.41) is 9.03. The van der Waals surface area contributed by atoms with Crippen LogP contribution in [0.15, 0.2) is 33.6 Å². The van der Waals surface area contributed by atoms with Gasteiger partial charge >= 0.3 is 0 Å². The second-order valence-corrected chi connectivity index (χ2v) is 5.59. The number of nitriles is 1. The molecule has 0 aliphatic rings. The van der Waals surface area contributed by atoms with Gasteiger partial charge in [0.2, 0.25) is 5.84 Å². The molecule has 0 saturated heterocycles. The van der Waals surface area contributed by atoms with Crippen molar-refractivity contribution in [2.24, 2.45) is 4.40 Å². The molecule has 0 spiro atoms. The van der Waals surface area contributed by atoms with Gasteiger partial charge in [0.25, 0.3) is 10.0 Å². The van der Waals surface area contributed by atoms with E-state index in [9.17, 15) is 8.42 Å². The van der Waals surface area contributed by atoms with E-state index in [1.54, 1.807) is 17.0 Å². The van der Waals surface area contributed by atoms with Crippen molar-refractivity contribution in [3.05, 3.63) is 29.8 Å². The first-order valence-electron chi connectivity index (χ1n) is 6.01. The van der Waals surface area contributed by atoms with Crippen LogP contribution in [0.5, 0.6) is 0 Å². The lowest BCUT2D eigenvalue weighted by Crippen LogP contribution is -2.30. The van der Waals surface area contributed by atoms with E-state index in [1.807, 2.05) is 26.8 Å². The van der Waals surface area contributed by atoms with Gasteiger partial charge < -0.3 is 4.90 Å². The molecule has 1 rings (SSSR count). The molecule has 0 atom stereocenters. The summed E-state index contributed by atoms with van der Waals surface area (Å²) < 4.78 is 27.8. The molecule has 5 nitrogen and oxygen atoms in total. The van der Waals surface area contributed by atoms with Crippen molar-refractivity contribution in [3.8, 4) is 6.07 Å². The molecule has 19 heavy (non-hydrogen) atoms. The molecular formula is C13H17N3O2S. The number of benzene rings is 1. The SMILES string of the molecule is CCN(CC)/C(C#N)=N/S(=O)(=O)c1ccc(C)cc1. The Balaban J connectivity index is 3.20. The number of rotatable bonds is 4.